The summed E-state index contributed by atoms with van der Waals surface area (Å²) in [5.74, 6) is 2.12. The van der Waals surface area contributed by atoms with Crippen LogP contribution in [0, 0.1) is 0 Å². The molecule has 0 N–H and O–H groups in total. The summed E-state index contributed by atoms with van der Waals surface area (Å²) in [6.07, 6.45) is 1.06. The van der Waals surface area contributed by atoms with E-state index in [4.69, 9.17) is 4.74 Å². The minimum Gasteiger partial charge on any atom is -0.494 e. The number of hydrogen-bond acceptors (Lipinski definition) is 5. The highest BCUT2D eigenvalue weighted by Crippen LogP contribution is 2.29. The average Bonchev–Trinajstić information content (AvgIpc) is 3.11. The molecule has 4 rings (SSSR count). The third-order valence-corrected chi connectivity index (χ3v) is 5.48. The van der Waals surface area contributed by atoms with E-state index in [-0.39, 0.29) is 0 Å². The van der Waals surface area contributed by atoms with E-state index in [1.165, 1.54) is 10.1 Å². The van der Waals surface area contributed by atoms with Crippen LogP contribution in [0.5, 0.6) is 5.75 Å². The molecule has 1 aromatic heterocycles. The monoisotopic (exact) mass is 353 g/mol. The minimum absolute atomic E-state index is 0.779. The van der Waals surface area contributed by atoms with Crippen LogP contribution in [0.4, 0.5) is 5.82 Å². The molecule has 0 spiro atoms. The average molecular weight is 353 g/mol. The van der Waals surface area contributed by atoms with Crippen LogP contribution in [0.1, 0.15) is 6.42 Å². The maximum atomic E-state index is 5.78. The number of rotatable bonds is 6. The number of para-hydroxylation sites is 1. The Morgan fingerprint density at radius 3 is 2.52 bits per heavy atom. The van der Waals surface area contributed by atoms with Gasteiger partial charge in [0.25, 0.3) is 0 Å². The fraction of sp³-hybridized carbons (Fsp3) is 0.350. The van der Waals surface area contributed by atoms with Gasteiger partial charge in [-0.3, -0.25) is 4.90 Å². The van der Waals surface area contributed by atoms with Gasteiger partial charge in [0.2, 0.25) is 0 Å². The van der Waals surface area contributed by atoms with Gasteiger partial charge in [-0.15, -0.1) is 0 Å². The molecular formula is C20H23N3OS. The summed E-state index contributed by atoms with van der Waals surface area (Å²) in [5.41, 5.74) is 0. The van der Waals surface area contributed by atoms with Gasteiger partial charge in [-0.05, 0) is 42.2 Å². The van der Waals surface area contributed by atoms with Crippen molar-refractivity contribution in [2.24, 2.45) is 0 Å². The first-order chi connectivity index (χ1) is 12.4. The molecule has 0 radical (unpaired) electrons. The van der Waals surface area contributed by atoms with E-state index < -0.39 is 0 Å². The molecule has 0 atom stereocenters. The van der Waals surface area contributed by atoms with Gasteiger partial charge < -0.3 is 9.64 Å². The first-order valence-electron chi connectivity index (χ1n) is 8.90. The van der Waals surface area contributed by atoms with Crippen LogP contribution in [-0.2, 0) is 0 Å². The maximum absolute atomic E-state index is 5.78. The zero-order valence-electron chi connectivity index (χ0n) is 14.3. The second kappa shape index (κ2) is 7.85. The number of anilines is 1. The van der Waals surface area contributed by atoms with Gasteiger partial charge in [0.1, 0.15) is 11.6 Å². The summed E-state index contributed by atoms with van der Waals surface area (Å²) in [7, 11) is 0. The Hall–Kier alpha value is -2.11. The van der Waals surface area contributed by atoms with Crippen molar-refractivity contribution < 1.29 is 4.74 Å². The van der Waals surface area contributed by atoms with Crippen LogP contribution in [0.25, 0.3) is 10.1 Å². The molecule has 1 saturated heterocycles. The molecule has 0 aliphatic carbocycles. The van der Waals surface area contributed by atoms with Gasteiger partial charge in [-0.2, -0.15) is 4.37 Å². The third kappa shape index (κ3) is 3.94. The number of piperazine rings is 1. The summed E-state index contributed by atoms with van der Waals surface area (Å²) >= 11 is 1.60. The van der Waals surface area contributed by atoms with Crippen molar-refractivity contribution in [3.63, 3.8) is 0 Å². The predicted octanol–water partition coefficient (Wildman–Crippen LogP) is 3.89. The maximum Gasteiger partial charge on any atom is 0.150 e. The Balaban J connectivity index is 1.23. The first-order valence-corrected chi connectivity index (χ1v) is 9.67. The molecule has 3 aromatic rings. The summed E-state index contributed by atoms with van der Waals surface area (Å²) in [5, 5.41) is 1.29. The van der Waals surface area contributed by atoms with Gasteiger partial charge in [0.05, 0.1) is 11.3 Å². The molecule has 5 heteroatoms. The van der Waals surface area contributed by atoms with Crippen molar-refractivity contribution in [1.82, 2.24) is 9.27 Å². The van der Waals surface area contributed by atoms with E-state index in [0.29, 0.717) is 0 Å². The van der Waals surface area contributed by atoms with E-state index in [1.54, 1.807) is 11.5 Å². The highest BCUT2D eigenvalue weighted by atomic mass is 32.1. The van der Waals surface area contributed by atoms with Gasteiger partial charge >= 0.3 is 0 Å². The summed E-state index contributed by atoms with van der Waals surface area (Å²) < 4.78 is 11.7. The Kier molecular flexibility index (Phi) is 5.14. The number of ether oxygens (including phenoxy) is 1. The van der Waals surface area contributed by atoms with Crippen LogP contribution < -0.4 is 9.64 Å². The smallest absolute Gasteiger partial charge is 0.150 e. The molecule has 0 bridgehead atoms. The Labute approximate surface area is 152 Å². The Morgan fingerprint density at radius 1 is 0.920 bits per heavy atom. The third-order valence-electron chi connectivity index (χ3n) is 4.66. The summed E-state index contributed by atoms with van der Waals surface area (Å²) in [6.45, 7) is 6.16. The molecule has 0 unspecified atom stereocenters. The second-order valence-electron chi connectivity index (χ2n) is 6.35. The van der Waals surface area contributed by atoms with Gasteiger partial charge in [0.15, 0.2) is 0 Å². The minimum atomic E-state index is 0.779. The van der Waals surface area contributed by atoms with Crippen molar-refractivity contribution in [1.29, 1.82) is 0 Å². The van der Waals surface area contributed by atoms with Crippen molar-refractivity contribution in [3.05, 3.63) is 54.6 Å². The van der Waals surface area contributed by atoms with Gasteiger partial charge in [-0.25, -0.2) is 0 Å². The summed E-state index contributed by atoms with van der Waals surface area (Å²) in [6, 6.07) is 18.6. The lowest BCUT2D eigenvalue weighted by atomic mass is 10.2. The van der Waals surface area contributed by atoms with E-state index in [2.05, 4.69) is 38.4 Å². The fourth-order valence-electron chi connectivity index (χ4n) is 3.28. The van der Waals surface area contributed by atoms with E-state index in [9.17, 15) is 0 Å². The molecule has 1 aliphatic rings. The SMILES string of the molecule is c1ccc(OCCCN2CCN(c3nsc4ccccc34)CC2)cc1. The lowest BCUT2D eigenvalue weighted by molar-refractivity contribution is 0.224. The predicted molar refractivity (Wildman–Crippen MR) is 105 cm³/mol. The lowest BCUT2D eigenvalue weighted by Gasteiger charge is -2.35. The molecule has 4 nitrogen and oxygen atoms in total. The first kappa shape index (κ1) is 16.4. The summed E-state index contributed by atoms with van der Waals surface area (Å²) in [4.78, 5) is 4.95. The Morgan fingerprint density at radius 2 is 1.68 bits per heavy atom. The number of aromatic nitrogens is 1. The van der Waals surface area contributed by atoms with Crippen molar-refractivity contribution in [3.8, 4) is 5.75 Å². The quantitative estimate of drug-likeness (QED) is 0.629. The van der Waals surface area contributed by atoms with Gasteiger partial charge in [0, 0.05) is 38.1 Å². The van der Waals surface area contributed by atoms with E-state index in [1.807, 2.05) is 30.3 Å². The fourth-order valence-corrected chi connectivity index (χ4v) is 4.07. The highest BCUT2D eigenvalue weighted by molar-refractivity contribution is 7.13. The van der Waals surface area contributed by atoms with E-state index in [0.717, 1.165) is 57.3 Å². The molecule has 0 amide bonds. The number of nitrogens with zero attached hydrogens (tertiary/aromatic N) is 3. The standard InChI is InChI=1S/C20H23N3OS/c1-2-7-17(8-3-1)24-16-6-11-22-12-14-23(15-13-22)20-18-9-4-5-10-19(18)25-21-20/h1-5,7-10H,6,11-16H2. The number of hydrogen-bond donors (Lipinski definition) is 0. The normalized spacial score (nSPS) is 15.6. The Bertz CT molecular complexity index is 797. The molecule has 2 heterocycles. The van der Waals surface area contributed by atoms with E-state index >= 15 is 0 Å². The molecule has 2 aromatic carbocycles. The molecular weight excluding hydrogens is 330 g/mol. The highest BCUT2D eigenvalue weighted by Gasteiger charge is 2.20. The van der Waals surface area contributed by atoms with Crippen LogP contribution in [0.3, 0.4) is 0 Å². The molecule has 0 saturated carbocycles. The van der Waals surface area contributed by atoms with Crippen molar-refractivity contribution >= 4 is 27.4 Å². The topological polar surface area (TPSA) is 28.6 Å². The zero-order chi connectivity index (χ0) is 16.9. The molecule has 130 valence electrons. The lowest BCUT2D eigenvalue weighted by Crippen LogP contribution is -2.47. The van der Waals surface area contributed by atoms with Gasteiger partial charge in [-0.1, -0.05) is 30.3 Å². The largest absolute Gasteiger partial charge is 0.494 e. The van der Waals surface area contributed by atoms with Crippen LogP contribution in [0.15, 0.2) is 54.6 Å². The molecule has 1 fully saturated rings. The van der Waals surface area contributed by atoms with Crippen LogP contribution in [0.2, 0.25) is 0 Å². The second-order valence-corrected chi connectivity index (χ2v) is 7.15. The van der Waals surface area contributed by atoms with Crippen LogP contribution >= 0.6 is 11.5 Å². The molecule has 1 aliphatic heterocycles. The van der Waals surface area contributed by atoms with Crippen molar-refractivity contribution in [2.45, 2.75) is 6.42 Å². The van der Waals surface area contributed by atoms with Crippen LogP contribution in [-0.4, -0.2) is 48.6 Å². The van der Waals surface area contributed by atoms with Crippen molar-refractivity contribution in [2.75, 3.05) is 44.2 Å². The number of fused-ring (bicyclic) bond motifs is 1. The molecule has 25 heavy (non-hydrogen) atoms. The number of benzene rings is 2. The zero-order valence-corrected chi connectivity index (χ0v) is 15.1.